The van der Waals surface area contributed by atoms with Crippen LogP contribution in [0.3, 0.4) is 0 Å². The van der Waals surface area contributed by atoms with Gasteiger partial charge >= 0.3 is 0 Å². The molecule has 0 amide bonds. The van der Waals surface area contributed by atoms with E-state index < -0.39 is 0 Å². The number of carbonyl (C=O) groups is 1. The van der Waals surface area contributed by atoms with Gasteiger partial charge in [-0.2, -0.15) is 0 Å². The Morgan fingerprint density at radius 2 is 2.14 bits per heavy atom. The zero-order valence-corrected chi connectivity index (χ0v) is 10.1. The third kappa shape index (κ3) is 2.35. The molecule has 0 spiro atoms. The summed E-state index contributed by atoms with van der Waals surface area (Å²) in [6, 6.07) is 3.80. The van der Waals surface area contributed by atoms with Crippen molar-refractivity contribution in [3.63, 3.8) is 0 Å². The summed E-state index contributed by atoms with van der Waals surface area (Å²) in [6.45, 7) is 5.98. The van der Waals surface area contributed by atoms with Crippen LogP contribution >= 0.6 is 15.9 Å². The van der Waals surface area contributed by atoms with Crippen LogP contribution in [0, 0.1) is 6.92 Å². The molecule has 0 unspecified atom stereocenters. The van der Waals surface area contributed by atoms with Gasteiger partial charge in [0, 0.05) is 4.47 Å². The molecule has 0 N–H and O–H groups in total. The summed E-state index contributed by atoms with van der Waals surface area (Å²) in [7, 11) is 0. The third-order valence-electron chi connectivity index (χ3n) is 1.85. The topological polar surface area (TPSA) is 26.3 Å². The molecule has 0 atom stereocenters. The molecule has 0 heterocycles. The first-order valence-electron chi connectivity index (χ1n) is 4.50. The monoisotopic (exact) mass is 256 g/mol. The van der Waals surface area contributed by atoms with Crippen molar-refractivity contribution in [2.24, 2.45) is 0 Å². The summed E-state index contributed by atoms with van der Waals surface area (Å²) in [5.41, 5.74) is 1.70. The normalized spacial score (nSPS) is 10.0. The molecule has 0 fully saturated rings. The quantitative estimate of drug-likeness (QED) is 0.776. The number of Topliss-reactive ketones (excluding diaryl/α,β-unsaturated/α-hetero) is 1. The number of hydrogen-bond donors (Lipinski definition) is 0. The molecule has 1 aromatic carbocycles. The molecule has 0 bridgehead atoms. The Hall–Kier alpha value is -0.830. The van der Waals surface area contributed by atoms with E-state index in [1.807, 2.05) is 26.0 Å². The average Bonchev–Trinajstić information content (AvgIpc) is 2.01. The summed E-state index contributed by atoms with van der Waals surface area (Å²) in [6.07, 6.45) is 0. The predicted octanol–water partition coefficient (Wildman–Crippen LogP) is 3.36. The molecule has 1 rings (SSSR count). The molecule has 0 saturated heterocycles. The van der Waals surface area contributed by atoms with Crippen molar-refractivity contribution >= 4 is 21.7 Å². The van der Waals surface area contributed by atoms with Gasteiger partial charge in [-0.05, 0) is 54.4 Å². The summed E-state index contributed by atoms with van der Waals surface area (Å²) in [4.78, 5) is 11.4. The maximum absolute atomic E-state index is 11.4. The van der Waals surface area contributed by atoms with Gasteiger partial charge in [0.25, 0.3) is 0 Å². The molecule has 14 heavy (non-hydrogen) atoms. The number of rotatable bonds is 3. The first-order valence-corrected chi connectivity index (χ1v) is 5.29. The fraction of sp³-hybridized carbons (Fsp3) is 0.364. The lowest BCUT2D eigenvalue weighted by atomic mass is 10.1. The smallest absolute Gasteiger partial charge is 0.164 e. The SMILES string of the molecule is CCOc1cc(C)cc(Br)c1C(C)=O. The molecule has 76 valence electrons. The van der Waals surface area contributed by atoms with Crippen LogP contribution in [0.25, 0.3) is 0 Å². The third-order valence-corrected chi connectivity index (χ3v) is 2.48. The van der Waals surface area contributed by atoms with Gasteiger partial charge in [-0.1, -0.05) is 0 Å². The molecule has 0 aromatic heterocycles. The van der Waals surface area contributed by atoms with Crippen molar-refractivity contribution in [2.75, 3.05) is 6.61 Å². The van der Waals surface area contributed by atoms with Crippen LogP contribution in [0.1, 0.15) is 29.8 Å². The van der Waals surface area contributed by atoms with E-state index >= 15 is 0 Å². The number of aryl methyl sites for hydroxylation is 1. The highest BCUT2D eigenvalue weighted by atomic mass is 79.9. The van der Waals surface area contributed by atoms with Crippen LogP contribution in [-0.4, -0.2) is 12.4 Å². The Kier molecular flexibility index (Phi) is 3.69. The Balaban J connectivity index is 3.28. The molecule has 0 aliphatic rings. The Labute approximate surface area is 92.4 Å². The van der Waals surface area contributed by atoms with E-state index in [1.54, 1.807) is 0 Å². The van der Waals surface area contributed by atoms with Crippen molar-refractivity contribution in [1.82, 2.24) is 0 Å². The molecule has 0 radical (unpaired) electrons. The molecule has 3 heteroatoms. The predicted molar refractivity (Wildman–Crippen MR) is 60.1 cm³/mol. The second kappa shape index (κ2) is 4.60. The second-order valence-electron chi connectivity index (χ2n) is 3.11. The fourth-order valence-corrected chi connectivity index (χ4v) is 2.16. The van der Waals surface area contributed by atoms with E-state index in [1.165, 1.54) is 6.92 Å². The van der Waals surface area contributed by atoms with Gasteiger partial charge in [-0.3, -0.25) is 4.79 Å². The van der Waals surface area contributed by atoms with Gasteiger partial charge in [-0.15, -0.1) is 0 Å². The number of ether oxygens (including phenoxy) is 1. The molecule has 1 aromatic rings. The molecule has 0 aliphatic carbocycles. The minimum Gasteiger partial charge on any atom is -0.493 e. The fourth-order valence-electron chi connectivity index (χ4n) is 1.32. The molecular weight excluding hydrogens is 244 g/mol. The van der Waals surface area contributed by atoms with Gasteiger partial charge in [0.05, 0.1) is 12.2 Å². The van der Waals surface area contributed by atoms with Crippen LogP contribution < -0.4 is 4.74 Å². The summed E-state index contributed by atoms with van der Waals surface area (Å²) < 4.78 is 6.21. The average molecular weight is 257 g/mol. The lowest BCUT2D eigenvalue weighted by molar-refractivity contribution is 0.101. The van der Waals surface area contributed by atoms with Crippen LogP contribution in [0.2, 0.25) is 0 Å². The number of hydrogen-bond acceptors (Lipinski definition) is 2. The van der Waals surface area contributed by atoms with Gasteiger partial charge in [0.1, 0.15) is 5.75 Å². The summed E-state index contributed by atoms with van der Waals surface area (Å²) >= 11 is 3.37. The molecule has 0 aliphatic heterocycles. The first kappa shape index (κ1) is 11.2. The van der Waals surface area contributed by atoms with Gasteiger partial charge < -0.3 is 4.74 Å². The van der Waals surface area contributed by atoms with Crippen LogP contribution in [0.15, 0.2) is 16.6 Å². The zero-order chi connectivity index (χ0) is 10.7. The van der Waals surface area contributed by atoms with Gasteiger partial charge in [-0.25, -0.2) is 0 Å². The van der Waals surface area contributed by atoms with Crippen LogP contribution in [0.4, 0.5) is 0 Å². The van der Waals surface area contributed by atoms with E-state index in [-0.39, 0.29) is 5.78 Å². The van der Waals surface area contributed by atoms with E-state index in [2.05, 4.69) is 15.9 Å². The molecular formula is C11H13BrO2. The maximum Gasteiger partial charge on any atom is 0.164 e. The van der Waals surface area contributed by atoms with E-state index in [4.69, 9.17) is 4.74 Å². The lowest BCUT2D eigenvalue weighted by Gasteiger charge is -2.10. The Bertz CT molecular complexity index is 359. The minimum atomic E-state index is 0.0142. The second-order valence-corrected chi connectivity index (χ2v) is 3.96. The highest BCUT2D eigenvalue weighted by Gasteiger charge is 2.13. The number of benzene rings is 1. The highest BCUT2D eigenvalue weighted by Crippen LogP contribution is 2.29. The Morgan fingerprint density at radius 3 is 2.64 bits per heavy atom. The van der Waals surface area contributed by atoms with Gasteiger partial charge in [0.15, 0.2) is 5.78 Å². The summed E-state index contributed by atoms with van der Waals surface area (Å²) in [5.74, 6) is 0.673. The van der Waals surface area contributed by atoms with Crippen LogP contribution in [0.5, 0.6) is 5.75 Å². The van der Waals surface area contributed by atoms with E-state index in [0.717, 1.165) is 10.0 Å². The van der Waals surface area contributed by atoms with Crippen molar-refractivity contribution in [2.45, 2.75) is 20.8 Å². The Morgan fingerprint density at radius 1 is 1.50 bits per heavy atom. The standard InChI is InChI=1S/C11H13BrO2/c1-4-14-10-6-7(2)5-9(12)11(10)8(3)13/h5-6H,4H2,1-3H3. The first-order chi connectivity index (χ1) is 6.56. The minimum absolute atomic E-state index is 0.0142. The number of ketones is 1. The largest absolute Gasteiger partial charge is 0.493 e. The van der Waals surface area contributed by atoms with Crippen molar-refractivity contribution in [3.05, 3.63) is 27.7 Å². The summed E-state index contributed by atoms with van der Waals surface area (Å²) in [5, 5.41) is 0. The maximum atomic E-state index is 11.4. The lowest BCUT2D eigenvalue weighted by Crippen LogP contribution is -2.02. The van der Waals surface area contributed by atoms with Gasteiger partial charge in [0.2, 0.25) is 0 Å². The van der Waals surface area contributed by atoms with E-state index in [9.17, 15) is 4.79 Å². The number of halogens is 1. The van der Waals surface area contributed by atoms with E-state index in [0.29, 0.717) is 17.9 Å². The van der Waals surface area contributed by atoms with Crippen molar-refractivity contribution in [1.29, 1.82) is 0 Å². The zero-order valence-electron chi connectivity index (χ0n) is 8.56. The molecule has 0 saturated carbocycles. The van der Waals surface area contributed by atoms with Crippen LogP contribution in [-0.2, 0) is 0 Å². The molecule has 2 nitrogen and oxygen atoms in total. The number of carbonyl (C=O) groups excluding carboxylic acids is 1. The highest BCUT2D eigenvalue weighted by molar-refractivity contribution is 9.10. The van der Waals surface area contributed by atoms with Crippen molar-refractivity contribution < 1.29 is 9.53 Å². The van der Waals surface area contributed by atoms with Crippen molar-refractivity contribution in [3.8, 4) is 5.75 Å².